The summed E-state index contributed by atoms with van der Waals surface area (Å²) >= 11 is 5.89. The molecule has 1 aliphatic rings. The quantitative estimate of drug-likeness (QED) is 0.755. The SMILES string of the molecule is O=C(O)C[C@@H]1CCc2cc(Oc3ccc(C(F)(F)F)cc3Cl)ccc21. The van der Waals surface area contributed by atoms with Crippen molar-refractivity contribution in [3.8, 4) is 11.5 Å². The van der Waals surface area contributed by atoms with E-state index in [0.29, 0.717) is 5.75 Å². The van der Waals surface area contributed by atoms with E-state index in [0.717, 1.165) is 36.1 Å². The Bertz CT molecular complexity index is 818. The van der Waals surface area contributed by atoms with Gasteiger partial charge in [0.25, 0.3) is 0 Å². The number of hydrogen-bond acceptors (Lipinski definition) is 2. The van der Waals surface area contributed by atoms with Crippen LogP contribution in [0.2, 0.25) is 5.02 Å². The number of carboxylic acids is 1. The highest BCUT2D eigenvalue weighted by Crippen LogP contribution is 2.40. The van der Waals surface area contributed by atoms with Gasteiger partial charge in [-0.1, -0.05) is 17.7 Å². The second kappa shape index (κ2) is 6.59. The predicted molar refractivity (Wildman–Crippen MR) is 86.3 cm³/mol. The monoisotopic (exact) mass is 370 g/mol. The molecule has 2 aromatic rings. The van der Waals surface area contributed by atoms with Crippen molar-refractivity contribution in [1.82, 2.24) is 0 Å². The summed E-state index contributed by atoms with van der Waals surface area (Å²) in [5.74, 6) is -0.267. The fraction of sp³-hybridized carbons (Fsp3) is 0.278. The lowest BCUT2D eigenvalue weighted by molar-refractivity contribution is -0.138. The van der Waals surface area contributed by atoms with Crippen molar-refractivity contribution in [3.63, 3.8) is 0 Å². The van der Waals surface area contributed by atoms with Crippen molar-refractivity contribution in [2.75, 3.05) is 0 Å². The highest BCUT2D eigenvalue weighted by molar-refractivity contribution is 6.32. The van der Waals surface area contributed by atoms with Crippen LogP contribution in [0.25, 0.3) is 0 Å². The molecule has 0 fully saturated rings. The molecule has 0 bridgehead atoms. The van der Waals surface area contributed by atoms with Crippen molar-refractivity contribution in [2.24, 2.45) is 0 Å². The summed E-state index contributed by atoms with van der Waals surface area (Å²) in [6, 6.07) is 8.19. The van der Waals surface area contributed by atoms with E-state index in [1.807, 2.05) is 6.07 Å². The molecule has 0 spiro atoms. The topological polar surface area (TPSA) is 46.5 Å². The minimum atomic E-state index is -4.46. The summed E-state index contributed by atoms with van der Waals surface area (Å²) in [6.07, 6.45) is -2.88. The van der Waals surface area contributed by atoms with Gasteiger partial charge in [-0.05, 0) is 60.2 Å². The lowest BCUT2D eigenvalue weighted by Crippen LogP contribution is -2.04. The Morgan fingerprint density at radius 1 is 1.24 bits per heavy atom. The third-order valence-corrected chi connectivity index (χ3v) is 4.52. The first-order valence-corrected chi connectivity index (χ1v) is 8.01. The predicted octanol–water partition coefficient (Wildman–Crippen LogP) is 5.66. The number of carboxylic acid groups (broad SMARTS) is 1. The van der Waals surface area contributed by atoms with E-state index in [4.69, 9.17) is 21.4 Å². The molecule has 7 heteroatoms. The van der Waals surface area contributed by atoms with Crippen LogP contribution in [-0.4, -0.2) is 11.1 Å². The first-order chi connectivity index (χ1) is 11.7. The Kier molecular flexibility index (Phi) is 4.64. The number of benzene rings is 2. The van der Waals surface area contributed by atoms with Gasteiger partial charge in [-0.25, -0.2) is 0 Å². The molecule has 0 amide bonds. The summed E-state index contributed by atoms with van der Waals surface area (Å²) in [5.41, 5.74) is 1.13. The van der Waals surface area contributed by atoms with Gasteiger partial charge in [-0.3, -0.25) is 4.79 Å². The number of alkyl halides is 3. The molecule has 0 radical (unpaired) electrons. The van der Waals surface area contributed by atoms with Crippen LogP contribution >= 0.6 is 11.6 Å². The number of rotatable bonds is 4. The molecular formula is C18H14ClF3O3. The van der Waals surface area contributed by atoms with Crippen molar-refractivity contribution in [1.29, 1.82) is 0 Å². The van der Waals surface area contributed by atoms with Crippen LogP contribution < -0.4 is 4.74 Å². The van der Waals surface area contributed by atoms with Crippen molar-refractivity contribution < 1.29 is 27.8 Å². The minimum Gasteiger partial charge on any atom is -0.481 e. The lowest BCUT2D eigenvalue weighted by Gasteiger charge is -2.13. The fourth-order valence-electron chi connectivity index (χ4n) is 3.06. The smallest absolute Gasteiger partial charge is 0.416 e. The van der Waals surface area contributed by atoms with Crippen LogP contribution in [0.1, 0.15) is 35.4 Å². The molecule has 0 aromatic heterocycles. The molecule has 132 valence electrons. The molecular weight excluding hydrogens is 357 g/mol. The number of halogens is 4. The number of ether oxygens (including phenoxy) is 1. The summed E-state index contributed by atoms with van der Waals surface area (Å²) in [4.78, 5) is 10.9. The Labute approximate surface area is 147 Å². The number of fused-ring (bicyclic) bond motifs is 1. The number of hydrogen-bond donors (Lipinski definition) is 1. The minimum absolute atomic E-state index is 0.0174. The molecule has 1 atom stereocenters. The second-order valence-corrected chi connectivity index (χ2v) is 6.35. The summed E-state index contributed by atoms with van der Waals surface area (Å²) in [6.45, 7) is 0. The van der Waals surface area contributed by atoms with Gasteiger partial charge in [-0.15, -0.1) is 0 Å². The van der Waals surface area contributed by atoms with Crippen LogP contribution in [0.5, 0.6) is 11.5 Å². The zero-order chi connectivity index (χ0) is 18.2. The van der Waals surface area contributed by atoms with Gasteiger partial charge in [0.2, 0.25) is 0 Å². The van der Waals surface area contributed by atoms with Crippen molar-refractivity contribution in [2.45, 2.75) is 31.4 Å². The number of aliphatic carboxylic acids is 1. The molecule has 0 saturated heterocycles. The highest BCUT2D eigenvalue weighted by atomic mass is 35.5. The van der Waals surface area contributed by atoms with Gasteiger partial charge >= 0.3 is 12.1 Å². The maximum absolute atomic E-state index is 12.7. The van der Waals surface area contributed by atoms with Gasteiger partial charge in [-0.2, -0.15) is 13.2 Å². The zero-order valence-electron chi connectivity index (χ0n) is 12.9. The van der Waals surface area contributed by atoms with E-state index in [-0.39, 0.29) is 23.1 Å². The van der Waals surface area contributed by atoms with E-state index >= 15 is 0 Å². The summed E-state index contributed by atoms with van der Waals surface area (Å²) in [7, 11) is 0. The molecule has 2 aromatic carbocycles. The van der Waals surface area contributed by atoms with Gasteiger partial charge in [0.15, 0.2) is 0 Å². The van der Waals surface area contributed by atoms with E-state index in [2.05, 4.69) is 0 Å². The first kappa shape index (κ1) is 17.6. The van der Waals surface area contributed by atoms with E-state index < -0.39 is 17.7 Å². The lowest BCUT2D eigenvalue weighted by atomic mass is 9.98. The largest absolute Gasteiger partial charge is 0.481 e. The Morgan fingerprint density at radius 3 is 2.64 bits per heavy atom. The average Bonchev–Trinajstić information content (AvgIpc) is 2.90. The van der Waals surface area contributed by atoms with Gasteiger partial charge in [0, 0.05) is 0 Å². The normalized spacial score (nSPS) is 16.6. The molecule has 3 rings (SSSR count). The van der Waals surface area contributed by atoms with E-state index in [9.17, 15) is 18.0 Å². The van der Waals surface area contributed by atoms with Crippen LogP contribution in [0.15, 0.2) is 36.4 Å². The number of aryl methyl sites for hydroxylation is 1. The van der Waals surface area contributed by atoms with Gasteiger partial charge < -0.3 is 9.84 Å². The molecule has 0 unspecified atom stereocenters. The van der Waals surface area contributed by atoms with Crippen LogP contribution in [-0.2, 0) is 17.4 Å². The van der Waals surface area contributed by atoms with Crippen molar-refractivity contribution in [3.05, 3.63) is 58.1 Å². The molecule has 0 heterocycles. The van der Waals surface area contributed by atoms with Gasteiger partial charge in [0.1, 0.15) is 11.5 Å². The van der Waals surface area contributed by atoms with E-state index in [1.54, 1.807) is 12.1 Å². The molecule has 1 aliphatic carbocycles. The average molecular weight is 371 g/mol. The van der Waals surface area contributed by atoms with E-state index in [1.165, 1.54) is 6.07 Å². The molecule has 0 aliphatic heterocycles. The van der Waals surface area contributed by atoms with Crippen LogP contribution in [0.4, 0.5) is 13.2 Å². The maximum atomic E-state index is 12.7. The summed E-state index contributed by atoms with van der Waals surface area (Å²) < 4.78 is 43.6. The zero-order valence-corrected chi connectivity index (χ0v) is 13.7. The summed E-state index contributed by atoms with van der Waals surface area (Å²) in [5, 5.41) is 8.81. The standard InChI is InChI=1S/C18H14ClF3O3/c19-15-9-12(18(20,21)22)3-6-16(15)25-13-4-5-14-10(7-13)1-2-11(14)8-17(23)24/h3-7,9,11H,1-2,8H2,(H,23,24)/t11-/m0/s1. The fourth-order valence-corrected chi connectivity index (χ4v) is 3.27. The second-order valence-electron chi connectivity index (χ2n) is 5.94. The molecule has 25 heavy (non-hydrogen) atoms. The number of carbonyl (C=O) groups is 1. The first-order valence-electron chi connectivity index (χ1n) is 7.63. The third-order valence-electron chi connectivity index (χ3n) is 4.22. The highest BCUT2D eigenvalue weighted by Gasteiger charge is 2.31. The van der Waals surface area contributed by atoms with Crippen molar-refractivity contribution >= 4 is 17.6 Å². The van der Waals surface area contributed by atoms with Gasteiger partial charge in [0.05, 0.1) is 17.0 Å². The Balaban J connectivity index is 1.80. The Morgan fingerprint density at radius 2 is 2.00 bits per heavy atom. The van der Waals surface area contributed by atoms with Crippen LogP contribution in [0, 0.1) is 0 Å². The Hall–Kier alpha value is -2.21. The third kappa shape index (κ3) is 3.90. The molecule has 1 N–H and O–H groups in total. The van der Waals surface area contributed by atoms with Crippen LogP contribution in [0.3, 0.4) is 0 Å². The molecule has 3 nitrogen and oxygen atoms in total. The molecule has 0 saturated carbocycles. The maximum Gasteiger partial charge on any atom is 0.416 e.